The highest BCUT2D eigenvalue weighted by molar-refractivity contribution is 9.10. The molecule has 9 heteroatoms. The molecule has 0 aromatic heterocycles. The molecule has 0 saturated heterocycles. The Labute approximate surface area is 270 Å². The fourth-order valence-electron chi connectivity index (χ4n) is 3.27. The van der Waals surface area contributed by atoms with Crippen molar-refractivity contribution in [3.63, 3.8) is 0 Å². The number of carboxylic acid groups (broad SMARTS) is 1. The molecule has 0 aliphatic rings. The van der Waals surface area contributed by atoms with Crippen LogP contribution in [0.1, 0.15) is 56.8 Å². The molecule has 0 heterocycles. The summed E-state index contributed by atoms with van der Waals surface area (Å²) in [6.45, 7) is 3.78. The fourth-order valence-corrected chi connectivity index (χ4v) is 4.19. The predicted octanol–water partition coefficient (Wildman–Crippen LogP) is 10.1. The standard InChI is InChI=1S/C14H12Cl2.C7H8BClO2.C7H5BrO2.4CH4/c1-10-13(6-3-7-14(10)16)12-5-2-4-11(8-12)9-15;1-5-6(8(10)11)3-2-4-7(5)9;8-6-3-1-2-5(4-6)7(9)10;;;;/h2-8H,9H2,1H3;2-4,10-11H,1H3;1-4H,(H,9,10);4*1H4. The molecule has 0 spiro atoms. The van der Waals surface area contributed by atoms with Crippen LogP contribution < -0.4 is 5.46 Å². The maximum atomic E-state index is 10.3. The fraction of sp³-hybridized carbons (Fsp3) is 0.219. The third-order valence-corrected chi connectivity index (χ3v) is 6.94. The van der Waals surface area contributed by atoms with Gasteiger partial charge in [0, 0.05) is 20.4 Å². The highest BCUT2D eigenvalue weighted by Crippen LogP contribution is 2.29. The first-order valence-electron chi connectivity index (χ1n) is 11.1. The topological polar surface area (TPSA) is 77.8 Å². The van der Waals surface area contributed by atoms with Gasteiger partial charge in [-0.15, -0.1) is 11.6 Å². The van der Waals surface area contributed by atoms with Crippen LogP contribution in [0.5, 0.6) is 0 Å². The summed E-state index contributed by atoms with van der Waals surface area (Å²) in [6, 6.07) is 25.8. The lowest BCUT2D eigenvalue weighted by Gasteiger charge is -2.08. The van der Waals surface area contributed by atoms with E-state index in [4.69, 9.17) is 50.0 Å². The molecule has 0 amide bonds. The molecular formula is C32H41BBrCl3O4. The van der Waals surface area contributed by atoms with Gasteiger partial charge in [-0.25, -0.2) is 4.79 Å². The molecular weight excluding hydrogens is 645 g/mol. The summed E-state index contributed by atoms with van der Waals surface area (Å²) in [4.78, 5) is 10.3. The Morgan fingerprint density at radius 2 is 1.32 bits per heavy atom. The van der Waals surface area contributed by atoms with Gasteiger partial charge >= 0.3 is 13.1 Å². The molecule has 0 radical (unpaired) electrons. The van der Waals surface area contributed by atoms with Crippen LogP contribution in [-0.2, 0) is 5.88 Å². The van der Waals surface area contributed by atoms with Crippen molar-refractivity contribution in [2.75, 3.05) is 0 Å². The summed E-state index contributed by atoms with van der Waals surface area (Å²) < 4.78 is 0.785. The molecule has 41 heavy (non-hydrogen) atoms. The van der Waals surface area contributed by atoms with E-state index in [0.717, 1.165) is 26.2 Å². The summed E-state index contributed by atoms with van der Waals surface area (Å²) in [7, 11) is -1.44. The van der Waals surface area contributed by atoms with E-state index in [2.05, 4.69) is 34.1 Å². The number of alkyl halides is 1. The number of hydrogen-bond acceptors (Lipinski definition) is 3. The monoisotopic (exact) mass is 684 g/mol. The van der Waals surface area contributed by atoms with Crippen molar-refractivity contribution in [3.8, 4) is 11.1 Å². The number of benzene rings is 4. The zero-order valence-electron chi connectivity index (χ0n) is 20.1. The van der Waals surface area contributed by atoms with E-state index in [-0.39, 0.29) is 29.7 Å². The smallest absolute Gasteiger partial charge is 0.478 e. The molecule has 4 aromatic carbocycles. The zero-order chi connectivity index (χ0) is 27.5. The van der Waals surface area contributed by atoms with Crippen LogP contribution in [0.4, 0.5) is 0 Å². The normalized spacial score (nSPS) is 8.98. The predicted molar refractivity (Wildman–Crippen MR) is 185 cm³/mol. The number of hydrogen-bond donors (Lipinski definition) is 3. The molecule has 0 fully saturated rings. The van der Waals surface area contributed by atoms with Crippen LogP contribution in [0.3, 0.4) is 0 Å². The largest absolute Gasteiger partial charge is 0.488 e. The van der Waals surface area contributed by atoms with Gasteiger partial charge in [-0.05, 0) is 83.5 Å². The zero-order valence-corrected chi connectivity index (χ0v) is 24.0. The van der Waals surface area contributed by atoms with E-state index in [0.29, 0.717) is 27.5 Å². The first-order valence-corrected chi connectivity index (χ1v) is 13.1. The summed E-state index contributed by atoms with van der Waals surface area (Å²) in [5.74, 6) is -0.366. The highest BCUT2D eigenvalue weighted by atomic mass is 79.9. The van der Waals surface area contributed by atoms with Gasteiger partial charge in [-0.1, -0.05) is 117 Å². The summed E-state index contributed by atoms with van der Waals surface area (Å²) in [5, 5.41) is 27.5. The van der Waals surface area contributed by atoms with Gasteiger partial charge in [0.1, 0.15) is 0 Å². The lowest BCUT2D eigenvalue weighted by Crippen LogP contribution is -2.32. The molecule has 0 saturated carbocycles. The van der Waals surface area contributed by atoms with E-state index in [1.165, 1.54) is 5.56 Å². The molecule has 0 atom stereocenters. The van der Waals surface area contributed by atoms with Crippen molar-refractivity contribution >= 4 is 69.3 Å². The quantitative estimate of drug-likeness (QED) is 0.148. The van der Waals surface area contributed by atoms with E-state index in [1.807, 2.05) is 31.2 Å². The van der Waals surface area contributed by atoms with Gasteiger partial charge in [-0.2, -0.15) is 0 Å². The summed E-state index contributed by atoms with van der Waals surface area (Å²) >= 11 is 20.8. The third kappa shape index (κ3) is 13.5. The average Bonchev–Trinajstić information content (AvgIpc) is 2.88. The van der Waals surface area contributed by atoms with Crippen molar-refractivity contribution in [3.05, 3.63) is 122 Å². The number of halogens is 4. The van der Waals surface area contributed by atoms with Gasteiger partial charge in [-0.3, -0.25) is 0 Å². The van der Waals surface area contributed by atoms with Crippen LogP contribution in [0.2, 0.25) is 10.0 Å². The molecule has 4 nitrogen and oxygen atoms in total. The van der Waals surface area contributed by atoms with Gasteiger partial charge in [0.25, 0.3) is 0 Å². The van der Waals surface area contributed by atoms with E-state index in [9.17, 15) is 4.79 Å². The minimum atomic E-state index is -1.44. The van der Waals surface area contributed by atoms with Crippen molar-refractivity contribution in [2.45, 2.75) is 49.4 Å². The number of rotatable bonds is 4. The van der Waals surface area contributed by atoms with Crippen LogP contribution in [0, 0.1) is 13.8 Å². The number of carbonyl (C=O) groups is 1. The number of aromatic carboxylic acids is 1. The Balaban J connectivity index is -0.000000520. The summed E-state index contributed by atoms with van der Waals surface area (Å²) in [5.41, 5.74) is 6.03. The molecule has 4 rings (SSSR count). The van der Waals surface area contributed by atoms with Gasteiger partial charge in [0.05, 0.1) is 5.56 Å². The average molecular weight is 687 g/mol. The molecule has 0 aliphatic carbocycles. The van der Waals surface area contributed by atoms with Crippen LogP contribution >= 0.6 is 50.7 Å². The van der Waals surface area contributed by atoms with Crippen molar-refractivity contribution in [1.29, 1.82) is 0 Å². The molecule has 4 aromatic rings. The third-order valence-electron chi connectivity index (χ3n) is 5.32. The van der Waals surface area contributed by atoms with E-state index >= 15 is 0 Å². The maximum absolute atomic E-state index is 10.3. The lowest BCUT2D eigenvalue weighted by molar-refractivity contribution is 0.0696. The Hall–Kier alpha value is -2.32. The molecule has 0 bridgehead atoms. The van der Waals surface area contributed by atoms with Crippen molar-refractivity contribution in [2.24, 2.45) is 0 Å². The Morgan fingerprint density at radius 1 is 0.780 bits per heavy atom. The van der Waals surface area contributed by atoms with Gasteiger partial charge < -0.3 is 15.2 Å². The summed E-state index contributed by atoms with van der Waals surface area (Å²) in [6.07, 6.45) is 0. The second kappa shape index (κ2) is 21.4. The second-order valence-corrected chi connectivity index (χ2v) is 9.89. The van der Waals surface area contributed by atoms with Crippen LogP contribution in [0.15, 0.2) is 89.4 Å². The van der Waals surface area contributed by atoms with Crippen LogP contribution in [-0.4, -0.2) is 28.2 Å². The minimum Gasteiger partial charge on any atom is -0.478 e. The van der Waals surface area contributed by atoms with Crippen molar-refractivity contribution < 1.29 is 19.9 Å². The number of carboxylic acids is 1. The second-order valence-electron chi connectivity index (χ2n) is 7.89. The molecule has 3 N–H and O–H groups in total. The minimum absolute atomic E-state index is 0. The van der Waals surface area contributed by atoms with E-state index in [1.54, 1.807) is 49.4 Å². The lowest BCUT2D eigenvalue weighted by atomic mass is 9.77. The van der Waals surface area contributed by atoms with Gasteiger partial charge in [0.15, 0.2) is 0 Å². The van der Waals surface area contributed by atoms with Crippen LogP contribution in [0.25, 0.3) is 11.1 Å². The SMILES string of the molecule is C.C.C.C.Cc1c(Cl)cccc1-c1cccc(CCl)c1.Cc1c(Cl)cccc1B(O)O.O=C(O)c1cccc(Br)c1. The Kier molecular flexibility index (Phi) is 22.5. The first kappa shape index (κ1) is 43.1. The Bertz CT molecular complexity index is 1350. The highest BCUT2D eigenvalue weighted by Gasteiger charge is 2.14. The van der Waals surface area contributed by atoms with E-state index < -0.39 is 13.1 Å². The maximum Gasteiger partial charge on any atom is 0.488 e. The van der Waals surface area contributed by atoms with Crippen molar-refractivity contribution in [1.82, 2.24) is 0 Å². The molecule has 224 valence electrons. The Morgan fingerprint density at radius 3 is 1.80 bits per heavy atom. The van der Waals surface area contributed by atoms with Gasteiger partial charge in [0.2, 0.25) is 0 Å². The first-order chi connectivity index (χ1) is 17.5. The molecule has 0 aliphatic heterocycles. The molecule has 0 unspecified atom stereocenters.